The molecule has 1 aromatic carbocycles. The first kappa shape index (κ1) is 12.6. The van der Waals surface area contributed by atoms with Crippen LogP contribution in [0.15, 0.2) is 42.5 Å². The fourth-order valence-corrected chi connectivity index (χ4v) is 2.76. The zero-order chi connectivity index (χ0) is 14.1. The molecule has 0 saturated carbocycles. The molecule has 1 aromatic rings. The Balaban J connectivity index is 1.79. The van der Waals surface area contributed by atoms with Gasteiger partial charge in [-0.2, -0.15) is 0 Å². The Morgan fingerprint density at radius 1 is 1.15 bits per heavy atom. The van der Waals surface area contributed by atoms with E-state index in [0.29, 0.717) is 12.0 Å². The number of carbonyl (C=O) groups is 3. The Morgan fingerprint density at radius 2 is 1.90 bits per heavy atom. The quantitative estimate of drug-likeness (QED) is 0.611. The van der Waals surface area contributed by atoms with Gasteiger partial charge in [0.25, 0.3) is 5.91 Å². The molecule has 1 saturated heterocycles. The van der Waals surface area contributed by atoms with Gasteiger partial charge in [0.05, 0.1) is 17.9 Å². The summed E-state index contributed by atoms with van der Waals surface area (Å²) in [5.41, 5.74) is 0.535. The van der Waals surface area contributed by atoms with Crippen LogP contribution in [-0.4, -0.2) is 23.8 Å². The maximum absolute atomic E-state index is 12.1. The molecule has 102 valence electrons. The average Bonchev–Trinajstić information content (AvgIpc) is 2.76. The lowest BCUT2D eigenvalue weighted by Crippen LogP contribution is -2.45. The van der Waals surface area contributed by atoms with Gasteiger partial charge >= 0.3 is 0 Å². The van der Waals surface area contributed by atoms with Gasteiger partial charge < -0.3 is 5.32 Å². The summed E-state index contributed by atoms with van der Waals surface area (Å²) in [7, 11) is 0. The highest BCUT2D eigenvalue weighted by Gasteiger charge is 2.46. The van der Waals surface area contributed by atoms with Crippen molar-refractivity contribution in [2.45, 2.75) is 12.5 Å². The van der Waals surface area contributed by atoms with Crippen LogP contribution in [-0.2, 0) is 9.59 Å². The second-order valence-corrected chi connectivity index (χ2v) is 5.01. The molecule has 0 radical (unpaired) electrons. The summed E-state index contributed by atoms with van der Waals surface area (Å²) < 4.78 is 0. The monoisotopic (exact) mass is 270 g/mol. The molecule has 2 aliphatic rings. The van der Waals surface area contributed by atoms with Crippen LogP contribution in [0.25, 0.3) is 0 Å². The second-order valence-electron chi connectivity index (χ2n) is 5.01. The van der Waals surface area contributed by atoms with Crippen LogP contribution in [0.3, 0.4) is 0 Å². The predicted octanol–water partition coefficient (Wildman–Crippen LogP) is 0.634. The van der Waals surface area contributed by atoms with Crippen molar-refractivity contribution in [1.29, 1.82) is 0 Å². The first-order chi connectivity index (χ1) is 9.66. The highest BCUT2D eigenvalue weighted by Crippen LogP contribution is 2.30. The van der Waals surface area contributed by atoms with E-state index in [9.17, 15) is 14.4 Å². The second kappa shape index (κ2) is 4.92. The minimum absolute atomic E-state index is 0.243. The van der Waals surface area contributed by atoms with Gasteiger partial charge in [-0.05, 0) is 18.6 Å². The van der Waals surface area contributed by atoms with Gasteiger partial charge in [-0.3, -0.25) is 19.7 Å². The van der Waals surface area contributed by atoms with Crippen molar-refractivity contribution in [2.75, 3.05) is 0 Å². The first-order valence-electron chi connectivity index (χ1n) is 6.54. The van der Waals surface area contributed by atoms with Crippen molar-refractivity contribution in [2.24, 2.45) is 11.8 Å². The standard InChI is InChI=1S/C15H14N2O3/c18-13(9-5-2-1-3-6-9)16-11-8-4-7-10-12(11)15(20)17-14(10)19/h1-6,8,10-12H,7H2,(H,16,18)(H,17,19,20)/t10-,11+,12-/m0/s1. The topological polar surface area (TPSA) is 75.3 Å². The molecule has 0 aromatic heterocycles. The van der Waals surface area contributed by atoms with Crippen molar-refractivity contribution in [3.63, 3.8) is 0 Å². The number of allylic oxidation sites excluding steroid dienone is 1. The highest BCUT2D eigenvalue weighted by molar-refractivity contribution is 6.06. The van der Waals surface area contributed by atoms with Crippen LogP contribution < -0.4 is 10.6 Å². The molecule has 20 heavy (non-hydrogen) atoms. The Morgan fingerprint density at radius 3 is 2.65 bits per heavy atom. The van der Waals surface area contributed by atoms with E-state index in [1.54, 1.807) is 30.3 Å². The van der Waals surface area contributed by atoms with Crippen LogP contribution in [0.1, 0.15) is 16.8 Å². The Hall–Kier alpha value is -2.43. The molecule has 3 atom stereocenters. The van der Waals surface area contributed by atoms with Crippen LogP contribution in [0.4, 0.5) is 0 Å². The summed E-state index contributed by atoms with van der Waals surface area (Å²) in [4.78, 5) is 35.6. The van der Waals surface area contributed by atoms with Gasteiger partial charge in [-0.25, -0.2) is 0 Å². The number of benzene rings is 1. The minimum Gasteiger partial charge on any atom is -0.345 e. The molecule has 1 aliphatic carbocycles. The van der Waals surface area contributed by atoms with Crippen molar-refractivity contribution >= 4 is 17.7 Å². The highest BCUT2D eigenvalue weighted by atomic mass is 16.2. The first-order valence-corrected chi connectivity index (χ1v) is 6.54. The number of hydrogen-bond acceptors (Lipinski definition) is 3. The normalized spacial score (nSPS) is 27.9. The number of amides is 3. The lowest BCUT2D eigenvalue weighted by atomic mass is 9.81. The fourth-order valence-electron chi connectivity index (χ4n) is 2.76. The zero-order valence-corrected chi connectivity index (χ0v) is 10.7. The lowest BCUT2D eigenvalue weighted by Gasteiger charge is -2.26. The lowest BCUT2D eigenvalue weighted by molar-refractivity contribution is -0.126. The van der Waals surface area contributed by atoms with E-state index in [1.807, 2.05) is 12.1 Å². The molecular weight excluding hydrogens is 256 g/mol. The molecule has 1 heterocycles. The van der Waals surface area contributed by atoms with Crippen LogP contribution in [0.5, 0.6) is 0 Å². The van der Waals surface area contributed by atoms with E-state index >= 15 is 0 Å². The van der Waals surface area contributed by atoms with Crippen molar-refractivity contribution in [3.05, 3.63) is 48.0 Å². The molecule has 5 heteroatoms. The molecule has 2 N–H and O–H groups in total. The third kappa shape index (κ3) is 2.11. The SMILES string of the molecule is O=C(N[C@@H]1C=CC[C@@H]2C(=O)NC(=O)[C@@H]21)c1ccccc1. The third-order valence-corrected chi connectivity index (χ3v) is 3.77. The van der Waals surface area contributed by atoms with E-state index in [1.165, 1.54) is 0 Å². The largest absolute Gasteiger partial charge is 0.345 e. The van der Waals surface area contributed by atoms with Crippen molar-refractivity contribution in [3.8, 4) is 0 Å². The summed E-state index contributed by atoms with van der Waals surface area (Å²) in [6.45, 7) is 0. The van der Waals surface area contributed by atoms with Gasteiger partial charge in [0.15, 0.2) is 0 Å². The predicted molar refractivity (Wildman–Crippen MR) is 71.6 cm³/mol. The zero-order valence-electron chi connectivity index (χ0n) is 10.7. The molecule has 0 unspecified atom stereocenters. The van der Waals surface area contributed by atoms with E-state index < -0.39 is 12.0 Å². The maximum atomic E-state index is 12.1. The minimum atomic E-state index is -0.500. The summed E-state index contributed by atoms with van der Waals surface area (Å²) in [5.74, 6) is -1.66. The average molecular weight is 270 g/mol. The number of fused-ring (bicyclic) bond motifs is 1. The Labute approximate surface area is 116 Å². The van der Waals surface area contributed by atoms with E-state index in [2.05, 4.69) is 10.6 Å². The molecular formula is C15H14N2O3. The van der Waals surface area contributed by atoms with Gasteiger partial charge in [0, 0.05) is 5.56 Å². The molecule has 3 amide bonds. The van der Waals surface area contributed by atoms with Gasteiger partial charge in [-0.1, -0.05) is 30.4 Å². The van der Waals surface area contributed by atoms with E-state index in [0.717, 1.165) is 0 Å². The number of hydrogen-bond donors (Lipinski definition) is 2. The van der Waals surface area contributed by atoms with Crippen LogP contribution >= 0.6 is 0 Å². The van der Waals surface area contributed by atoms with Crippen molar-refractivity contribution in [1.82, 2.24) is 10.6 Å². The van der Waals surface area contributed by atoms with Crippen LogP contribution in [0, 0.1) is 11.8 Å². The molecule has 3 rings (SSSR count). The number of imide groups is 1. The third-order valence-electron chi connectivity index (χ3n) is 3.77. The van der Waals surface area contributed by atoms with E-state index in [4.69, 9.17) is 0 Å². The summed E-state index contributed by atoms with van der Waals surface area (Å²) in [5, 5.41) is 5.15. The number of nitrogens with one attached hydrogen (secondary N) is 2. The number of rotatable bonds is 2. The van der Waals surface area contributed by atoms with Crippen molar-refractivity contribution < 1.29 is 14.4 Å². The molecule has 5 nitrogen and oxygen atoms in total. The molecule has 0 spiro atoms. The molecule has 1 aliphatic heterocycles. The van der Waals surface area contributed by atoms with Gasteiger partial charge in [0.2, 0.25) is 11.8 Å². The number of carbonyl (C=O) groups excluding carboxylic acids is 3. The summed E-state index contributed by atoms with van der Waals surface area (Å²) >= 11 is 0. The summed E-state index contributed by atoms with van der Waals surface area (Å²) in [6.07, 6.45) is 4.18. The van der Waals surface area contributed by atoms with Gasteiger partial charge in [-0.15, -0.1) is 0 Å². The Bertz CT molecular complexity index is 594. The molecule has 1 fully saturated rings. The maximum Gasteiger partial charge on any atom is 0.251 e. The molecule has 0 bridgehead atoms. The van der Waals surface area contributed by atoms with Crippen LogP contribution in [0.2, 0.25) is 0 Å². The van der Waals surface area contributed by atoms with Gasteiger partial charge in [0.1, 0.15) is 0 Å². The fraction of sp³-hybridized carbons (Fsp3) is 0.267. The van der Waals surface area contributed by atoms with E-state index in [-0.39, 0.29) is 23.6 Å². The smallest absolute Gasteiger partial charge is 0.251 e. The Kier molecular flexibility index (Phi) is 3.10. The summed E-state index contributed by atoms with van der Waals surface area (Å²) in [6, 6.07) is 8.36.